The Morgan fingerprint density at radius 2 is 2.00 bits per heavy atom. The van der Waals surface area contributed by atoms with Crippen LogP contribution in [0.25, 0.3) is 5.52 Å². The Kier molecular flexibility index (Phi) is 5.51. The Hall–Kier alpha value is -3.78. The van der Waals surface area contributed by atoms with Gasteiger partial charge < -0.3 is 14.5 Å². The third-order valence-electron chi connectivity index (χ3n) is 5.76. The SMILES string of the molecule is COc1ncccc1NC(=O)c1nc(C2CCCN2Cc2ccccn2)n2ccccc12. The molecule has 1 N–H and O–H groups in total. The van der Waals surface area contributed by atoms with Crippen LogP contribution >= 0.6 is 0 Å². The molecular weight excluding hydrogens is 404 g/mol. The number of ether oxygens (including phenoxy) is 1. The van der Waals surface area contributed by atoms with Gasteiger partial charge in [-0.15, -0.1) is 0 Å². The number of aromatic nitrogens is 4. The molecule has 4 aromatic rings. The summed E-state index contributed by atoms with van der Waals surface area (Å²) in [5, 5.41) is 2.90. The summed E-state index contributed by atoms with van der Waals surface area (Å²) in [6.07, 6.45) is 7.47. The van der Waals surface area contributed by atoms with E-state index in [4.69, 9.17) is 9.72 Å². The highest BCUT2D eigenvalue weighted by molar-refractivity contribution is 6.08. The monoisotopic (exact) mass is 428 g/mol. The average molecular weight is 428 g/mol. The molecule has 1 saturated heterocycles. The van der Waals surface area contributed by atoms with Crippen molar-refractivity contribution in [2.75, 3.05) is 19.0 Å². The Labute approximate surface area is 185 Å². The normalized spacial score (nSPS) is 16.3. The van der Waals surface area contributed by atoms with Gasteiger partial charge in [0.25, 0.3) is 5.91 Å². The fraction of sp³-hybridized carbons (Fsp3) is 0.250. The predicted octanol–water partition coefficient (Wildman–Crippen LogP) is 3.72. The molecule has 0 aliphatic carbocycles. The number of fused-ring (bicyclic) bond motifs is 1. The summed E-state index contributed by atoms with van der Waals surface area (Å²) >= 11 is 0. The molecular formula is C24H24N6O2. The minimum Gasteiger partial charge on any atom is -0.480 e. The highest BCUT2D eigenvalue weighted by Gasteiger charge is 2.31. The third kappa shape index (κ3) is 3.80. The van der Waals surface area contributed by atoms with E-state index < -0.39 is 0 Å². The maximum atomic E-state index is 13.2. The third-order valence-corrected chi connectivity index (χ3v) is 5.76. The zero-order valence-electron chi connectivity index (χ0n) is 17.8. The number of methoxy groups -OCH3 is 1. The van der Waals surface area contributed by atoms with Crippen molar-refractivity contribution in [3.05, 3.63) is 84.3 Å². The molecule has 8 nitrogen and oxygen atoms in total. The molecule has 1 unspecified atom stereocenters. The highest BCUT2D eigenvalue weighted by atomic mass is 16.5. The van der Waals surface area contributed by atoms with E-state index in [0.29, 0.717) is 17.3 Å². The maximum absolute atomic E-state index is 13.2. The lowest BCUT2D eigenvalue weighted by atomic mass is 10.2. The first kappa shape index (κ1) is 20.1. The summed E-state index contributed by atoms with van der Waals surface area (Å²) in [6, 6.07) is 15.4. The van der Waals surface area contributed by atoms with Crippen molar-refractivity contribution >= 4 is 17.1 Å². The van der Waals surface area contributed by atoms with Gasteiger partial charge in [-0.2, -0.15) is 0 Å². The number of amides is 1. The summed E-state index contributed by atoms with van der Waals surface area (Å²) in [6.45, 7) is 1.72. The molecule has 162 valence electrons. The van der Waals surface area contributed by atoms with Crippen molar-refractivity contribution in [3.8, 4) is 5.88 Å². The van der Waals surface area contributed by atoms with Gasteiger partial charge in [-0.25, -0.2) is 9.97 Å². The molecule has 0 spiro atoms. The zero-order valence-corrected chi connectivity index (χ0v) is 17.8. The minimum absolute atomic E-state index is 0.112. The van der Waals surface area contributed by atoms with Crippen molar-refractivity contribution in [2.24, 2.45) is 0 Å². The van der Waals surface area contributed by atoms with E-state index in [9.17, 15) is 4.79 Å². The number of hydrogen-bond acceptors (Lipinski definition) is 6. The molecule has 1 atom stereocenters. The Balaban J connectivity index is 1.48. The van der Waals surface area contributed by atoms with Gasteiger partial charge in [0.15, 0.2) is 5.69 Å². The standard InChI is InChI=1S/C24H24N6O2/c1-32-24-18(9-6-13-26-24)27-23(31)21-19-10-3-5-15-30(19)22(28-21)20-11-7-14-29(20)16-17-8-2-4-12-25-17/h2-6,8-10,12-13,15,20H,7,11,14,16H2,1H3,(H,27,31). The molecule has 4 aromatic heterocycles. The molecule has 1 aliphatic rings. The molecule has 1 aliphatic heterocycles. The van der Waals surface area contributed by atoms with E-state index in [1.807, 2.05) is 53.2 Å². The van der Waals surface area contributed by atoms with Crippen molar-refractivity contribution in [1.82, 2.24) is 24.3 Å². The molecule has 1 fully saturated rings. The molecule has 32 heavy (non-hydrogen) atoms. The number of carbonyl (C=O) groups is 1. The summed E-state index contributed by atoms with van der Waals surface area (Å²) in [7, 11) is 1.53. The topological polar surface area (TPSA) is 84.6 Å². The van der Waals surface area contributed by atoms with Crippen molar-refractivity contribution in [1.29, 1.82) is 0 Å². The first-order chi connectivity index (χ1) is 15.7. The van der Waals surface area contributed by atoms with Crippen LogP contribution in [0.15, 0.2) is 67.1 Å². The highest BCUT2D eigenvalue weighted by Crippen LogP contribution is 2.34. The summed E-state index contributed by atoms with van der Waals surface area (Å²) < 4.78 is 7.29. The molecule has 0 bridgehead atoms. The number of pyridine rings is 3. The van der Waals surface area contributed by atoms with Crippen LogP contribution in [-0.2, 0) is 6.54 Å². The van der Waals surface area contributed by atoms with Crippen LogP contribution in [0.1, 0.15) is 40.9 Å². The Morgan fingerprint density at radius 3 is 2.84 bits per heavy atom. The van der Waals surface area contributed by atoms with E-state index in [1.165, 1.54) is 7.11 Å². The molecule has 5 heterocycles. The first-order valence-electron chi connectivity index (χ1n) is 10.7. The smallest absolute Gasteiger partial charge is 0.276 e. The molecule has 0 saturated carbocycles. The van der Waals surface area contributed by atoms with Crippen LogP contribution in [0.3, 0.4) is 0 Å². The van der Waals surface area contributed by atoms with Gasteiger partial charge in [0.1, 0.15) is 11.5 Å². The number of likely N-dealkylation sites (tertiary alicyclic amines) is 1. The van der Waals surface area contributed by atoms with Crippen LogP contribution in [0.4, 0.5) is 5.69 Å². The maximum Gasteiger partial charge on any atom is 0.276 e. The van der Waals surface area contributed by atoms with Gasteiger partial charge in [0.2, 0.25) is 5.88 Å². The molecule has 0 radical (unpaired) electrons. The number of imidazole rings is 1. The van der Waals surface area contributed by atoms with Gasteiger partial charge in [0.05, 0.1) is 24.4 Å². The van der Waals surface area contributed by atoms with E-state index in [2.05, 4.69) is 20.2 Å². The number of nitrogens with zero attached hydrogens (tertiary/aromatic N) is 5. The summed E-state index contributed by atoms with van der Waals surface area (Å²) in [5.74, 6) is 0.944. The van der Waals surface area contributed by atoms with Gasteiger partial charge in [-0.3, -0.25) is 14.7 Å². The predicted molar refractivity (Wildman–Crippen MR) is 121 cm³/mol. The number of anilines is 1. The molecule has 1 amide bonds. The number of rotatable bonds is 6. The first-order valence-corrected chi connectivity index (χ1v) is 10.7. The average Bonchev–Trinajstić information content (AvgIpc) is 3.44. The number of carbonyl (C=O) groups excluding carboxylic acids is 1. The van der Waals surface area contributed by atoms with Gasteiger partial charge >= 0.3 is 0 Å². The van der Waals surface area contributed by atoms with Gasteiger partial charge in [-0.05, 0) is 55.8 Å². The van der Waals surface area contributed by atoms with Gasteiger partial charge in [0, 0.05) is 25.1 Å². The molecule has 8 heteroatoms. The Morgan fingerprint density at radius 1 is 1.12 bits per heavy atom. The fourth-order valence-corrected chi connectivity index (χ4v) is 4.30. The molecule has 5 rings (SSSR count). The van der Waals surface area contributed by atoms with E-state index >= 15 is 0 Å². The van der Waals surface area contributed by atoms with Crippen molar-refractivity contribution in [2.45, 2.75) is 25.4 Å². The van der Waals surface area contributed by atoms with Crippen molar-refractivity contribution < 1.29 is 9.53 Å². The molecule has 0 aromatic carbocycles. The van der Waals surface area contributed by atoms with E-state index in [0.717, 1.165) is 43.0 Å². The van der Waals surface area contributed by atoms with Crippen LogP contribution < -0.4 is 10.1 Å². The van der Waals surface area contributed by atoms with Crippen LogP contribution in [0.2, 0.25) is 0 Å². The van der Waals surface area contributed by atoms with Crippen molar-refractivity contribution in [3.63, 3.8) is 0 Å². The lowest BCUT2D eigenvalue weighted by molar-refractivity contribution is 0.102. The second-order valence-electron chi connectivity index (χ2n) is 7.74. The second kappa shape index (κ2) is 8.76. The lowest BCUT2D eigenvalue weighted by Crippen LogP contribution is -2.25. The van der Waals surface area contributed by atoms with Crippen LogP contribution in [0, 0.1) is 0 Å². The fourth-order valence-electron chi connectivity index (χ4n) is 4.30. The van der Waals surface area contributed by atoms with E-state index in [-0.39, 0.29) is 11.9 Å². The zero-order chi connectivity index (χ0) is 21.9. The summed E-state index contributed by atoms with van der Waals surface area (Å²) in [5.41, 5.74) is 2.70. The summed E-state index contributed by atoms with van der Waals surface area (Å²) in [4.78, 5) is 29.1. The van der Waals surface area contributed by atoms with E-state index in [1.54, 1.807) is 18.3 Å². The van der Waals surface area contributed by atoms with Crippen LogP contribution in [0.5, 0.6) is 5.88 Å². The minimum atomic E-state index is -0.291. The lowest BCUT2D eigenvalue weighted by Gasteiger charge is -2.23. The Bertz CT molecular complexity index is 1240. The number of nitrogens with one attached hydrogen (secondary N) is 1. The van der Waals surface area contributed by atoms with Crippen LogP contribution in [-0.4, -0.2) is 43.8 Å². The second-order valence-corrected chi connectivity index (χ2v) is 7.74. The largest absolute Gasteiger partial charge is 0.480 e. The quantitative estimate of drug-likeness (QED) is 0.504. The van der Waals surface area contributed by atoms with Gasteiger partial charge in [-0.1, -0.05) is 12.1 Å². The number of hydrogen-bond donors (Lipinski definition) is 1.